The second-order valence-electron chi connectivity index (χ2n) is 6.03. The molecule has 0 radical (unpaired) electrons. The highest BCUT2D eigenvalue weighted by Gasteiger charge is 2.19. The number of halogens is 1. The Morgan fingerprint density at radius 1 is 1.15 bits per heavy atom. The maximum absolute atomic E-state index is 13.2. The van der Waals surface area contributed by atoms with Gasteiger partial charge in [0.15, 0.2) is 0 Å². The highest BCUT2D eigenvalue weighted by atomic mass is 19.1. The molecule has 108 valence electrons. The molecule has 0 saturated heterocycles. The molecule has 1 aromatic heterocycles. The zero-order valence-corrected chi connectivity index (χ0v) is 11.8. The standard InChI is InChI=1S/C17H22FNO/c18-14-7-8-16-13(10-14)11-17(20-16)15(19)9-12-5-3-1-2-4-6-12/h7-8,10-12,15H,1-6,9,19H2. The molecule has 1 unspecified atom stereocenters. The maximum Gasteiger partial charge on any atom is 0.134 e. The molecule has 2 N–H and O–H groups in total. The number of benzene rings is 1. The smallest absolute Gasteiger partial charge is 0.134 e. The first-order valence-corrected chi connectivity index (χ1v) is 7.67. The van der Waals surface area contributed by atoms with Gasteiger partial charge >= 0.3 is 0 Å². The van der Waals surface area contributed by atoms with Gasteiger partial charge in [-0.2, -0.15) is 0 Å². The van der Waals surface area contributed by atoms with Crippen LogP contribution >= 0.6 is 0 Å². The van der Waals surface area contributed by atoms with E-state index in [0.29, 0.717) is 5.92 Å². The largest absolute Gasteiger partial charge is 0.459 e. The Kier molecular flexibility index (Phi) is 4.06. The van der Waals surface area contributed by atoms with Gasteiger partial charge in [-0.15, -0.1) is 0 Å². The molecule has 1 atom stereocenters. The van der Waals surface area contributed by atoms with Gasteiger partial charge in [-0.1, -0.05) is 38.5 Å². The van der Waals surface area contributed by atoms with E-state index < -0.39 is 0 Å². The molecule has 1 aliphatic rings. The van der Waals surface area contributed by atoms with E-state index in [2.05, 4.69) is 0 Å². The summed E-state index contributed by atoms with van der Waals surface area (Å²) in [4.78, 5) is 0. The molecule has 1 fully saturated rings. The van der Waals surface area contributed by atoms with Crippen molar-refractivity contribution in [3.8, 4) is 0 Å². The van der Waals surface area contributed by atoms with Crippen molar-refractivity contribution in [2.24, 2.45) is 11.7 Å². The molecule has 0 spiro atoms. The first kappa shape index (κ1) is 13.6. The first-order chi connectivity index (χ1) is 9.72. The SMILES string of the molecule is NC(CC1CCCCCC1)c1cc2cc(F)ccc2o1. The minimum Gasteiger partial charge on any atom is -0.459 e. The fourth-order valence-corrected chi connectivity index (χ4v) is 3.29. The Labute approximate surface area is 119 Å². The van der Waals surface area contributed by atoms with Gasteiger partial charge < -0.3 is 10.2 Å². The van der Waals surface area contributed by atoms with Crippen LogP contribution in [0.15, 0.2) is 28.7 Å². The van der Waals surface area contributed by atoms with Crippen LogP contribution in [-0.4, -0.2) is 0 Å². The molecule has 20 heavy (non-hydrogen) atoms. The fraction of sp³-hybridized carbons (Fsp3) is 0.529. The van der Waals surface area contributed by atoms with Gasteiger partial charge in [0, 0.05) is 5.39 Å². The molecule has 0 amide bonds. The Bertz CT molecular complexity index is 569. The van der Waals surface area contributed by atoms with Crippen LogP contribution in [-0.2, 0) is 0 Å². The lowest BCUT2D eigenvalue weighted by Crippen LogP contribution is -2.14. The van der Waals surface area contributed by atoms with Crippen LogP contribution in [0.25, 0.3) is 11.0 Å². The van der Waals surface area contributed by atoms with E-state index in [1.807, 2.05) is 6.07 Å². The van der Waals surface area contributed by atoms with Crippen molar-refractivity contribution >= 4 is 11.0 Å². The molecule has 0 bridgehead atoms. The summed E-state index contributed by atoms with van der Waals surface area (Å²) in [5.74, 6) is 1.26. The Balaban J connectivity index is 1.72. The molecule has 2 aromatic rings. The number of rotatable bonds is 3. The number of fused-ring (bicyclic) bond motifs is 1. The normalized spacial score (nSPS) is 19.1. The predicted molar refractivity (Wildman–Crippen MR) is 78.9 cm³/mol. The van der Waals surface area contributed by atoms with Crippen LogP contribution in [0.2, 0.25) is 0 Å². The summed E-state index contributed by atoms with van der Waals surface area (Å²) in [5, 5.41) is 0.802. The van der Waals surface area contributed by atoms with E-state index in [-0.39, 0.29) is 11.9 Å². The van der Waals surface area contributed by atoms with Gasteiger partial charge in [0.2, 0.25) is 0 Å². The number of furan rings is 1. The summed E-state index contributed by atoms with van der Waals surface area (Å²) < 4.78 is 19.0. The zero-order chi connectivity index (χ0) is 13.9. The van der Waals surface area contributed by atoms with Gasteiger partial charge in [-0.25, -0.2) is 4.39 Å². The first-order valence-electron chi connectivity index (χ1n) is 7.67. The molecular formula is C17H22FNO. The van der Waals surface area contributed by atoms with E-state index in [1.54, 1.807) is 6.07 Å². The van der Waals surface area contributed by atoms with E-state index in [9.17, 15) is 4.39 Å². The third kappa shape index (κ3) is 3.04. The number of hydrogen-bond acceptors (Lipinski definition) is 2. The van der Waals surface area contributed by atoms with Gasteiger partial charge in [0.1, 0.15) is 17.2 Å². The Morgan fingerprint density at radius 2 is 1.90 bits per heavy atom. The van der Waals surface area contributed by atoms with Crippen molar-refractivity contribution in [3.05, 3.63) is 35.8 Å². The third-order valence-electron chi connectivity index (χ3n) is 4.42. The number of hydrogen-bond donors (Lipinski definition) is 1. The molecule has 1 heterocycles. The minimum atomic E-state index is -0.234. The van der Waals surface area contributed by atoms with Crippen molar-refractivity contribution in [1.29, 1.82) is 0 Å². The summed E-state index contributed by atoms with van der Waals surface area (Å²) >= 11 is 0. The van der Waals surface area contributed by atoms with Crippen LogP contribution in [0.4, 0.5) is 4.39 Å². The molecule has 1 aromatic carbocycles. The van der Waals surface area contributed by atoms with E-state index in [1.165, 1.54) is 50.7 Å². The van der Waals surface area contributed by atoms with Gasteiger partial charge in [-0.05, 0) is 36.6 Å². The van der Waals surface area contributed by atoms with Crippen molar-refractivity contribution in [2.45, 2.75) is 51.0 Å². The number of nitrogens with two attached hydrogens (primary N) is 1. The predicted octanol–water partition coefficient (Wildman–Crippen LogP) is 4.93. The molecule has 3 rings (SSSR count). The second kappa shape index (κ2) is 5.96. The Morgan fingerprint density at radius 3 is 2.65 bits per heavy atom. The van der Waals surface area contributed by atoms with Crippen molar-refractivity contribution in [2.75, 3.05) is 0 Å². The maximum atomic E-state index is 13.2. The summed E-state index contributed by atoms with van der Waals surface area (Å²) in [6.45, 7) is 0. The average molecular weight is 275 g/mol. The van der Waals surface area contributed by atoms with Crippen LogP contribution in [0.5, 0.6) is 0 Å². The van der Waals surface area contributed by atoms with Gasteiger partial charge in [-0.3, -0.25) is 0 Å². The monoisotopic (exact) mass is 275 g/mol. The molecule has 1 aliphatic carbocycles. The van der Waals surface area contributed by atoms with Crippen LogP contribution in [0.1, 0.15) is 56.7 Å². The fourth-order valence-electron chi connectivity index (χ4n) is 3.29. The molecular weight excluding hydrogens is 253 g/mol. The van der Waals surface area contributed by atoms with Crippen molar-refractivity contribution in [3.63, 3.8) is 0 Å². The van der Waals surface area contributed by atoms with Crippen molar-refractivity contribution in [1.82, 2.24) is 0 Å². The molecule has 0 aliphatic heterocycles. The molecule has 1 saturated carbocycles. The molecule has 2 nitrogen and oxygen atoms in total. The summed E-state index contributed by atoms with van der Waals surface area (Å²) in [6, 6.07) is 6.41. The van der Waals surface area contributed by atoms with E-state index >= 15 is 0 Å². The molecule has 3 heteroatoms. The van der Waals surface area contributed by atoms with Crippen LogP contribution in [0.3, 0.4) is 0 Å². The Hall–Kier alpha value is -1.35. The second-order valence-corrected chi connectivity index (χ2v) is 6.03. The van der Waals surface area contributed by atoms with Crippen molar-refractivity contribution < 1.29 is 8.81 Å². The lowest BCUT2D eigenvalue weighted by atomic mass is 9.92. The topological polar surface area (TPSA) is 39.2 Å². The highest BCUT2D eigenvalue weighted by Crippen LogP contribution is 2.32. The quantitative estimate of drug-likeness (QED) is 0.806. The summed E-state index contributed by atoms with van der Waals surface area (Å²) in [5.41, 5.74) is 7.01. The van der Waals surface area contributed by atoms with Crippen LogP contribution < -0.4 is 5.73 Å². The summed E-state index contributed by atoms with van der Waals surface area (Å²) in [7, 11) is 0. The van der Waals surface area contributed by atoms with Gasteiger partial charge in [0.05, 0.1) is 6.04 Å². The lowest BCUT2D eigenvalue weighted by Gasteiger charge is -2.17. The van der Waals surface area contributed by atoms with Crippen LogP contribution in [0, 0.1) is 11.7 Å². The average Bonchev–Trinajstić information content (AvgIpc) is 2.68. The van der Waals surface area contributed by atoms with E-state index in [0.717, 1.165) is 23.2 Å². The lowest BCUT2D eigenvalue weighted by molar-refractivity contribution is 0.364. The summed E-state index contributed by atoms with van der Waals surface area (Å²) in [6.07, 6.45) is 8.89. The van der Waals surface area contributed by atoms with E-state index in [4.69, 9.17) is 10.2 Å². The minimum absolute atomic E-state index is 0.0754. The van der Waals surface area contributed by atoms with Gasteiger partial charge in [0.25, 0.3) is 0 Å². The highest BCUT2D eigenvalue weighted by molar-refractivity contribution is 5.77. The zero-order valence-electron chi connectivity index (χ0n) is 11.8. The third-order valence-corrected chi connectivity index (χ3v) is 4.42.